The molecule has 0 radical (unpaired) electrons. The van der Waals surface area contributed by atoms with Crippen LogP contribution in [-0.4, -0.2) is 13.1 Å². The summed E-state index contributed by atoms with van der Waals surface area (Å²) in [6.45, 7) is 6.76. The maximum absolute atomic E-state index is 5.85. The van der Waals surface area contributed by atoms with Gasteiger partial charge >= 0.3 is 0 Å². The van der Waals surface area contributed by atoms with Crippen molar-refractivity contribution in [1.82, 2.24) is 0 Å². The standard InChI is InChI=1S/C14H22N2/c1-11-7-9-16(10-8-11)14-5-3-13(4-6-14)12(2)15/h3-6,11-12H,7-10,15H2,1-2H3. The second-order valence-electron chi connectivity index (χ2n) is 5.05. The monoisotopic (exact) mass is 218 g/mol. The van der Waals surface area contributed by atoms with Crippen LogP contribution in [0.3, 0.4) is 0 Å². The lowest BCUT2D eigenvalue weighted by atomic mass is 9.98. The highest BCUT2D eigenvalue weighted by molar-refractivity contribution is 5.48. The van der Waals surface area contributed by atoms with E-state index in [2.05, 4.69) is 36.1 Å². The van der Waals surface area contributed by atoms with Gasteiger partial charge in [-0.15, -0.1) is 0 Å². The van der Waals surface area contributed by atoms with Crippen molar-refractivity contribution in [3.05, 3.63) is 29.8 Å². The van der Waals surface area contributed by atoms with Crippen LogP contribution < -0.4 is 10.6 Å². The van der Waals surface area contributed by atoms with E-state index in [0.717, 1.165) is 5.92 Å². The summed E-state index contributed by atoms with van der Waals surface area (Å²) in [5.74, 6) is 0.889. The van der Waals surface area contributed by atoms with Crippen molar-refractivity contribution in [2.75, 3.05) is 18.0 Å². The number of nitrogens with zero attached hydrogens (tertiary/aromatic N) is 1. The largest absolute Gasteiger partial charge is 0.372 e. The first-order valence-corrected chi connectivity index (χ1v) is 6.27. The average Bonchev–Trinajstić information content (AvgIpc) is 2.30. The van der Waals surface area contributed by atoms with Gasteiger partial charge in [0.1, 0.15) is 0 Å². The number of hydrogen-bond acceptors (Lipinski definition) is 2. The molecule has 0 aromatic heterocycles. The number of nitrogens with two attached hydrogens (primary N) is 1. The Labute approximate surface area is 98.4 Å². The van der Waals surface area contributed by atoms with Gasteiger partial charge in [0.15, 0.2) is 0 Å². The molecule has 16 heavy (non-hydrogen) atoms. The van der Waals surface area contributed by atoms with Gasteiger partial charge in [0.2, 0.25) is 0 Å². The predicted molar refractivity (Wildman–Crippen MR) is 69.7 cm³/mol. The number of anilines is 1. The molecule has 1 saturated heterocycles. The van der Waals surface area contributed by atoms with Crippen molar-refractivity contribution in [2.45, 2.75) is 32.7 Å². The van der Waals surface area contributed by atoms with E-state index in [-0.39, 0.29) is 6.04 Å². The molecular weight excluding hydrogens is 196 g/mol. The van der Waals surface area contributed by atoms with Crippen LogP contribution in [0.1, 0.15) is 38.3 Å². The van der Waals surface area contributed by atoms with Gasteiger partial charge < -0.3 is 10.6 Å². The highest BCUT2D eigenvalue weighted by atomic mass is 15.1. The van der Waals surface area contributed by atoms with Crippen LogP contribution in [0.25, 0.3) is 0 Å². The molecule has 0 bridgehead atoms. The summed E-state index contributed by atoms with van der Waals surface area (Å²) in [4.78, 5) is 2.48. The summed E-state index contributed by atoms with van der Waals surface area (Å²) in [5.41, 5.74) is 8.41. The smallest absolute Gasteiger partial charge is 0.0366 e. The molecule has 1 aromatic rings. The molecule has 1 aromatic carbocycles. The molecule has 88 valence electrons. The highest BCUT2D eigenvalue weighted by Crippen LogP contribution is 2.24. The van der Waals surface area contributed by atoms with E-state index >= 15 is 0 Å². The van der Waals surface area contributed by atoms with Gasteiger partial charge in [0, 0.05) is 24.8 Å². The second kappa shape index (κ2) is 4.88. The zero-order valence-corrected chi connectivity index (χ0v) is 10.3. The summed E-state index contributed by atoms with van der Waals surface area (Å²) in [6.07, 6.45) is 2.63. The molecule has 2 nitrogen and oxygen atoms in total. The topological polar surface area (TPSA) is 29.3 Å². The first-order valence-electron chi connectivity index (χ1n) is 6.27. The lowest BCUT2D eigenvalue weighted by molar-refractivity contribution is 0.438. The zero-order chi connectivity index (χ0) is 11.5. The Morgan fingerprint density at radius 2 is 1.75 bits per heavy atom. The first-order chi connectivity index (χ1) is 7.66. The van der Waals surface area contributed by atoms with Gasteiger partial charge in [-0.25, -0.2) is 0 Å². The molecule has 1 aliphatic heterocycles. The van der Waals surface area contributed by atoms with Crippen molar-refractivity contribution in [3.63, 3.8) is 0 Å². The SMILES string of the molecule is CC1CCN(c2ccc(C(C)N)cc2)CC1. The van der Waals surface area contributed by atoms with Gasteiger partial charge in [-0.2, -0.15) is 0 Å². The fourth-order valence-electron chi connectivity index (χ4n) is 2.26. The van der Waals surface area contributed by atoms with Crippen LogP contribution in [0, 0.1) is 5.92 Å². The molecule has 1 aliphatic rings. The van der Waals surface area contributed by atoms with E-state index in [4.69, 9.17) is 5.73 Å². The molecular formula is C14H22N2. The minimum absolute atomic E-state index is 0.135. The highest BCUT2D eigenvalue weighted by Gasteiger charge is 2.15. The van der Waals surface area contributed by atoms with Gasteiger partial charge in [0.25, 0.3) is 0 Å². The third-order valence-corrected chi connectivity index (χ3v) is 3.57. The number of hydrogen-bond donors (Lipinski definition) is 1. The van der Waals surface area contributed by atoms with Gasteiger partial charge in [-0.3, -0.25) is 0 Å². The summed E-state index contributed by atoms with van der Waals surface area (Å²) in [5, 5.41) is 0. The minimum atomic E-state index is 0.135. The lowest BCUT2D eigenvalue weighted by Crippen LogP contribution is -2.32. The Hall–Kier alpha value is -1.02. The van der Waals surface area contributed by atoms with Gasteiger partial charge in [-0.1, -0.05) is 19.1 Å². The molecule has 2 heteroatoms. The van der Waals surface area contributed by atoms with Crippen LogP contribution in [0.5, 0.6) is 0 Å². The Kier molecular flexibility index (Phi) is 3.49. The average molecular weight is 218 g/mol. The van der Waals surface area contributed by atoms with E-state index in [9.17, 15) is 0 Å². The summed E-state index contributed by atoms with van der Waals surface area (Å²) >= 11 is 0. The molecule has 0 spiro atoms. The van der Waals surface area contributed by atoms with Gasteiger partial charge in [0.05, 0.1) is 0 Å². The number of rotatable bonds is 2. The minimum Gasteiger partial charge on any atom is -0.372 e. The van der Waals surface area contributed by atoms with E-state index in [1.165, 1.54) is 37.2 Å². The third kappa shape index (κ3) is 2.56. The molecule has 0 saturated carbocycles. The van der Waals surface area contributed by atoms with Crippen LogP contribution in [-0.2, 0) is 0 Å². The van der Waals surface area contributed by atoms with Gasteiger partial charge in [-0.05, 0) is 43.4 Å². The van der Waals surface area contributed by atoms with E-state index < -0.39 is 0 Å². The van der Waals surface area contributed by atoms with Crippen LogP contribution in [0.4, 0.5) is 5.69 Å². The molecule has 1 fully saturated rings. The maximum Gasteiger partial charge on any atom is 0.0366 e. The van der Waals surface area contributed by atoms with Crippen LogP contribution in [0.15, 0.2) is 24.3 Å². The van der Waals surface area contributed by atoms with Crippen LogP contribution in [0.2, 0.25) is 0 Å². The molecule has 1 atom stereocenters. The number of benzene rings is 1. The first kappa shape index (κ1) is 11.5. The fraction of sp³-hybridized carbons (Fsp3) is 0.571. The van der Waals surface area contributed by atoms with E-state index in [0.29, 0.717) is 0 Å². The van der Waals surface area contributed by atoms with Crippen LogP contribution >= 0.6 is 0 Å². The Bertz CT molecular complexity index is 321. The van der Waals surface area contributed by atoms with Crippen molar-refractivity contribution < 1.29 is 0 Å². The van der Waals surface area contributed by atoms with E-state index in [1.54, 1.807) is 0 Å². The molecule has 2 N–H and O–H groups in total. The molecule has 0 aliphatic carbocycles. The number of piperidine rings is 1. The van der Waals surface area contributed by atoms with Crippen molar-refractivity contribution >= 4 is 5.69 Å². The molecule has 2 rings (SSSR count). The molecule has 0 amide bonds. The van der Waals surface area contributed by atoms with E-state index in [1.807, 2.05) is 6.92 Å². The maximum atomic E-state index is 5.85. The summed E-state index contributed by atoms with van der Waals surface area (Å²) in [7, 11) is 0. The lowest BCUT2D eigenvalue weighted by Gasteiger charge is -2.32. The zero-order valence-electron chi connectivity index (χ0n) is 10.3. The van der Waals surface area contributed by atoms with Crippen molar-refractivity contribution in [2.24, 2.45) is 11.7 Å². The third-order valence-electron chi connectivity index (χ3n) is 3.57. The Balaban J connectivity index is 2.04. The van der Waals surface area contributed by atoms with Crippen molar-refractivity contribution in [1.29, 1.82) is 0 Å². The normalized spacial score (nSPS) is 19.8. The van der Waals surface area contributed by atoms with Crippen molar-refractivity contribution in [3.8, 4) is 0 Å². The fourth-order valence-corrected chi connectivity index (χ4v) is 2.26. The quantitative estimate of drug-likeness (QED) is 0.827. The predicted octanol–water partition coefficient (Wildman–Crippen LogP) is 2.94. The second-order valence-corrected chi connectivity index (χ2v) is 5.05. The Morgan fingerprint density at radius 1 is 1.19 bits per heavy atom. The Morgan fingerprint density at radius 3 is 2.25 bits per heavy atom. The summed E-state index contributed by atoms with van der Waals surface area (Å²) in [6, 6.07) is 8.84. The molecule has 1 unspecified atom stereocenters. The summed E-state index contributed by atoms with van der Waals surface area (Å²) < 4.78 is 0. The molecule has 1 heterocycles.